The normalized spacial score (nSPS) is 11.8. The summed E-state index contributed by atoms with van der Waals surface area (Å²) >= 11 is 0. The van der Waals surface area contributed by atoms with Crippen LogP contribution in [-0.2, 0) is 4.79 Å². The van der Waals surface area contributed by atoms with Crippen molar-refractivity contribution in [3.8, 4) is 11.5 Å². The Kier molecular flexibility index (Phi) is 9.35. The summed E-state index contributed by atoms with van der Waals surface area (Å²) in [5.74, 6) is -1.46. The minimum absolute atomic E-state index is 0. The van der Waals surface area contributed by atoms with E-state index in [1.165, 1.54) is 0 Å². The molecule has 1 aromatic rings. The summed E-state index contributed by atoms with van der Waals surface area (Å²) < 4.78 is 57.2. The third-order valence-corrected chi connectivity index (χ3v) is 2.59. The fourth-order valence-electron chi connectivity index (χ4n) is 1.64. The predicted molar refractivity (Wildman–Crippen MR) is 78.5 cm³/mol. The van der Waals surface area contributed by atoms with Crippen LogP contribution in [-0.4, -0.2) is 25.2 Å². The van der Waals surface area contributed by atoms with Crippen molar-refractivity contribution in [2.45, 2.75) is 39.0 Å². The second-order valence-electron chi connectivity index (χ2n) is 4.30. The van der Waals surface area contributed by atoms with Gasteiger partial charge in [-0.25, -0.2) is 0 Å². The third kappa shape index (κ3) is 7.38. The number of hydrogen-bond acceptors (Lipinski definition) is 4. The van der Waals surface area contributed by atoms with Crippen molar-refractivity contribution < 1.29 is 31.8 Å². The molecule has 1 amide bonds. The number of alkyl halides is 4. The van der Waals surface area contributed by atoms with Gasteiger partial charge in [-0.15, -0.1) is 12.4 Å². The van der Waals surface area contributed by atoms with E-state index >= 15 is 0 Å². The van der Waals surface area contributed by atoms with Crippen molar-refractivity contribution >= 4 is 24.0 Å². The molecule has 0 saturated carbocycles. The largest absolute Gasteiger partial charge is 0.435 e. The minimum Gasteiger partial charge on any atom is -0.435 e. The zero-order valence-corrected chi connectivity index (χ0v) is 12.9. The first-order chi connectivity index (χ1) is 10.3. The molecule has 10 heteroatoms. The molecule has 132 valence electrons. The highest BCUT2D eigenvalue weighted by molar-refractivity contribution is 5.96. The molecule has 0 spiro atoms. The SMILES string of the molecule is CCCC(N)C(=O)Nc1ccc(OC(F)F)cc1OC(F)F.Cl. The molecule has 0 saturated heterocycles. The molecule has 0 bridgehead atoms. The van der Waals surface area contributed by atoms with Gasteiger partial charge < -0.3 is 20.5 Å². The van der Waals surface area contributed by atoms with Gasteiger partial charge in [0.25, 0.3) is 0 Å². The van der Waals surface area contributed by atoms with Crippen LogP contribution in [0.2, 0.25) is 0 Å². The van der Waals surface area contributed by atoms with Crippen molar-refractivity contribution in [1.82, 2.24) is 0 Å². The molecule has 0 fully saturated rings. The van der Waals surface area contributed by atoms with Gasteiger partial charge in [0.05, 0.1) is 11.7 Å². The van der Waals surface area contributed by atoms with E-state index in [9.17, 15) is 22.4 Å². The van der Waals surface area contributed by atoms with Crippen molar-refractivity contribution in [2.24, 2.45) is 5.73 Å². The first-order valence-electron chi connectivity index (χ1n) is 6.43. The van der Waals surface area contributed by atoms with E-state index in [-0.39, 0.29) is 23.8 Å². The molecule has 0 aliphatic heterocycles. The van der Waals surface area contributed by atoms with Gasteiger partial charge in [0.15, 0.2) is 5.75 Å². The van der Waals surface area contributed by atoms with Gasteiger partial charge in [0.1, 0.15) is 5.75 Å². The molecular weight excluding hydrogens is 344 g/mol. The molecule has 1 rings (SSSR count). The topological polar surface area (TPSA) is 73.6 Å². The standard InChI is InChI=1S/C13H16F4N2O3.ClH/c1-2-3-8(18)11(20)19-9-5-4-7(21-12(14)15)6-10(9)22-13(16)17;/h4-6,8,12-13H,2-3,18H2,1H3,(H,19,20);1H. The van der Waals surface area contributed by atoms with Crippen LogP contribution in [0.1, 0.15) is 19.8 Å². The fourth-order valence-corrected chi connectivity index (χ4v) is 1.64. The summed E-state index contributed by atoms with van der Waals surface area (Å²) in [5, 5.41) is 2.32. The van der Waals surface area contributed by atoms with Crippen LogP contribution in [0.3, 0.4) is 0 Å². The maximum Gasteiger partial charge on any atom is 0.387 e. The Morgan fingerprint density at radius 3 is 2.35 bits per heavy atom. The lowest BCUT2D eigenvalue weighted by Gasteiger charge is -2.16. The van der Waals surface area contributed by atoms with Crippen LogP contribution in [0.4, 0.5) is 23.2 Å². The summed E-state index contributed by atoms with van der Waals surface area (Å²) in [6.07, 6.45) is 1.07. The van der Waals surface area contributed by atoms with Crippen LogP contribution in [0, 0.1) is 0 Å². The van der Waals surface area contributed by atoms with E-state index in [4.69, 9.17) is 5.73 Å². The second kappa shape index (κ2) is 10.1. The number of hydrogen-bond donors (Lipinski definition) is 2. The maximum atomic E-state index is 12.4. The Balaban J connectivity index is 0.00000484. The van der Waals surface area contributed by atoms with Crippen LogP contribution in [0.25, 0.3) is 0 Å². The number of benzene rings is 1. The average Bonchev–Trinajstić information content (AvgIpc) is 2.40. The van der Waals surface area contributed by atoms with Crippen LogP contribution >= 0.6 is 12.4 Å². The fraction of sp³-hybridized carbons (Fsp3) is 0.462. The molecule has 0 aromatic heterocycles. The van der Waals surface area contributed by atoms with E-state index in [2.05, 4.69) is 14.8 Å². The number of ether oxygens (including phenoxy) is 2. The smallest absolute Gasteiger partial charge is 0.387 e. The number of anilines is 1. The Hall–Kier alpha value is -1.74. The number of halogens is 5. The average molecular weight is 361 g/mol. The van der Waals surface area contributed by atoms with Gasteiger partial charge in [0.2, 0.25) is 5.91 Å². The zero-order valence-electron chi connectivity index (χ0n) is 12.1. The quantitative estimate of drug-likeness (QED) is 0.697. The predicted octanol–water partition coefficient (Wildman–Crippen LogP) is 3.38. The lowest BCUT2D eigenvalue weighted by atomic mass is 10.1. The second-order valence-corrected chi connectivity index (χ2v) is 4.30. The van der Waals surface area contributed by atoms with Crippen molar-refractivity contribution in [1.29, 1.82) is 0 Å². The van der Waals surface area contributed by atoms with E-state index in [0.29, 0.717) is 12.8 Å². The highest BCUT2D eigenvalue weighted by Gasteiger charge is 2.18. The molecule has 0 aliphatic rings. The van der Waals surface area contributed by atoms with Gasteiger partial charge in [-0.05, 0) is 18.6 Å². The van der Waals surface area contributed by atoms with Crippen LogP contribution in [0.15, 0.2) is 18.2 Å². The third-order valence-electron chi connectivity index (χ3n) is 2.59. The van der Waals surface area contributed by atoms with Gasteiger partial charge in [-0.3, -0.25) is 4.79 Å². The molecule has 5 nitrogen and oxygen atoms in total. The number of nitrogens with one attached hydrogen (secondary N) is 1. The molecule has 1 unspecified atom stereocenters. The number of nitrogens with two attached hydrogens (primary N) is 1. The summed E-state index contributed by atoms with van der Waals surface area (Å²) in [4.78, 5) is 11.8. The maximum absolute atomic E-state index is 12.4. The lowest BCUT2D eigenvalue weighted by molar-refractivity contribution is -0.117. The molecule has 23 heavy (non-hydrogen) atoms. The number of carbonyl (C=O) groups is 1. The van der Waals surface area contributed by atoms with Crippen molar-refractivity contribution in [3.63, 3.8) is 0 Å². The zero-order chi connectivity index (χ0) is 16.7. The molecule has 3 N–H and O–H groups in total. The van der Waals surface area contributed by atoms with Gasteiger partial charge in [0, 0.05) is 6.07 Å². The molecule has 1 aromatic carbocycles. The first-order valence-corrected chi connectivity index (χ1v) is 6.43. The highest BCUT2D eigenvalue weighted by atomic mass is 35.5. The Morgan fingerprint density at radius 1 is 1.22 bits per heavy atom. The number of carbonyl (C=O) groups excluding carboxylic acids is 1. The minimum atomic E-state index is -3.19. The van der Waals surface area contributed by atoms with Gasteiger partial charge in [-0.2, -0.15) is 17.6 Å². The Bertz CT molecular complexity index is 506. The number of amides is 1. The lowest BCUT2D eigenvalue weighted by Crippen LogP contribution is -2.35. The van der Waals surface area contributed by atoms with Gasteiger partial charge in [-0.1, -0.05) is 13.3 Å². The van der Waals surface area contributed by atoms with Gasteiger partial charge >= 0.3 is 13.2 Å². The van der Waals surface area contributed by atoms with E-state index < -0.39 is 30.9 Å². The molecular formula is C13H17ClF4N2O3. The number of rotatable bonds is 8. The summed E-state index contributed by atoms with van der Waals surface area (Å²) in [5.41, 5.74) is 5.49. The summed E-state index contributed by atoms with van der Waals surface area (Å²) in [7, 11) is 0. The molecule has 0 aliphatic carbocycles. The van der Waals surface area contributed by atoms with Crippen molar-refractivity contribution in [3.05, 3.63) is 18.2 Å². The highest BCUT2D eigenvalue weighted by Crippen LogP contribution is 2.31. The molecule has 0 heterocycles. The van der Waals surface area contributed by atoms with Crippen LogP contribution < -0.4 is 20.5 Å². The van der Waals surface area contributed by atoms with E-state index in [0.717, 1.165) is 18.2 Å². The molecule has 0 radical (unpaired) electrons. The summed E-state index contributed by atoms with van der Waals surface area (Å²) in [6, 6.07) is 2.22. The Labute approximate surface area is 136 Å². The monoisotopic (exact) mass is 360 g/mol. The molecule has 1 atom stereocenters. The van der Waals surface area contributed by atoms with Crippen molar-refractivity contribution in [2.75, 3.05) is 5.32 Å². The summed E-state index contributed by atoms with van der Waals surface area (Å²) in [6.45, 7) is -4.48. The van der Waals surface area contributed by atoms with E-state index in [1.54, 1.807) is 0 Å². The van der Waals surface area contributed by atoms with Crippen LogP contribution in [0.5, 0.6) is 11.5 Å². The van der Waals surface area contributed by atoms with E-state index in [1.807, 2.05) is 6.92 Å². The Morgan fingerprint density at radius 2 is 1.83 bits per heavy atom. The first kappa shape index (κ1) is 21.3.